The number of carbonyl (C=O) groups excluding carboxylic acids is 1. The quantitative estimate of drug-likeness (QED) is 0.640. The van der Waals surface area contributed by atoms with Crippen molar-refractivity contribution in [3.05, 3.63) is 6.33 Å². The van der Waals surface area contributed by atoms with Crippen molar-refractivity contribution in [2.75, 3.05) is 24.7 Å². The summed E-state index contributed by atoms with van der Waals surface area (Å²) >= 11 is 0. The smallest absolute Gasteiger partial charge is 0.305 e. The summed E-state index contributed by atoms with van der Waals surface area (Å²) in [4.78, 5) is 23.6. The van der Waals surface area contributed by atoms with Gasteiger partial charge in [-0.2, -0.15) is 9.97 Å². The molecule has 1 fully saturated rings. The van der Waals surface area contributed by atoms with Crippen molar-refractivity contribution in [2.45, 2.75) is 44.4 Å². The Bertz CT molecular complexity index is 826. The fourth-order valence-electron chi connectivity index (χ4n) is 2.91. The molecule has 1 aliphatic heterocycles. The minimum absolute atomic E-state index is 0.0175. The van der Waals surface area contributed by atoms with Gasteiger partial charge in [0.1, 0.15) is 18.8 Å². The molecule has 10 nitrogen and oxygen atoms in total. The topological polar surface area (TPSA) is 137 Å². The van der Waals surface area contributed by atoms with E-state index in [9.17, 15) is 9.90 Å². The molecule has 3 rings (SSSR count). The van der Waals surface area contributed by atoms with Gasteiger partial charge in [0, 0.05) is 13.5 Å². The number of esters is 1. The summed E-state index contributed by atoms with van der Waals surface area (Å²) < 4.78 is 27.2. The SMILES string of the molecule is CCC(=O)OC[C@H]1O[C@@H](n2cnc3c(NC)nc(N)nc32)[C@](C)(F)[C@@H]1O. The van der Waals surface area contributed by atoms with E-state index < -0.39 is 30.1 Å². The average Bonchev–Trinajstić information content (AvgIpc) is 3.11. The molecule has 0 unspecified atom stereocenters. The number of imidazole rings is 1. The van der Waals surface area contributed by atoms with Crippen LogP contribution in [0.1, 0.15) is 26.5 Å². The first-order valence-electron chi connectivity index (χ1n) is 8.15. The fraction of sp³-hybridized carbons (Fsp3) is 0.600. The van der Waals surface area contributed by atoms with Crippen LogP contribution in [0.15, 0.2) is 6.33 Å². The van der Waals surface area contributed by atoms with E-state index in [0.29, 0.717) is 11.3 Å². The molecule has 26 heavy (non-hydrogen) atoms. The first kappa shape index (κ1) is 18.3. The van der Waals surface area contributed by atoms with Crippen molar-refractivity contribution in [2.24, 2.45) is 0 Å². The van der Waals surface area contributed by atoms with Crippen LogP contribution in [0.3, 0.4) is 0 Å². The Morgan fingerprint density at radius 3 is 2.96 bits per heavy atom. The number of nitrogens with one attached hydrogen (secondary N) is 1. The number of fused-ring (bicyclic) bond motifs is 1. The number of anilines is 2. The van der Waals surface area contributed by atoms with Crippen LogP contribution in [0.5, 0.6) is 0 Å². The maximum Gasteiger partial charge on any atom is 0.305 e. The maximum absolute atomic E-state index is 15.2. The van der Waals surface area contributed by atoms with Crippen LogP contribution in [0.4, 0.5) is 16.2 Å². The van der Waals surface area contributed by atoms with Gasteiger partial charge in [0.25, 0.3) is 0 Å². The molecule has 1 aliphatic rings. The molecule has 4 N–H and O–H groups in total. The number of nitrogens with two attached hydrogens (primary N) is 1. The number of aliphatic hydroxyl groups is 1. The predicted octanol–water partition coefficient (Wildman–Crippen LogP) is 0.390. The monoisotopic (exact) mass is 368 g/mol. The van der Waals surface area contributed by atoms with Crippen molar-refractivity contribution >= 4 is 28.9 Å². The van der Waals surface area contributed by atoms with Gasteiger partial charge >= 0.3 is 5.97 Å². The number of carbonyl (C=O) groups is 1. The van der Waals surface area contributed by atoms with Crippen LogP contribution < -0.4 is 11.1 Å². The number of rotatable bonds is 5. The van der Waals surface area contributed by atoms with Gasteiger partial charge in [0.05, 0.1) is 6.33 Å². The summed E-state index contributed by atoms with van der Waals surface area (Å²) in [5, 5.41) is 13.1. The molecule has 4 atom stereocenters. The molecule has 0 amide bonds. The van der Waals surface area contributed by atoms with Gasteiger partial charge < -0.3 is 25.6 Å². The highest BCUT2D eigenvalue weighted by molar-refractivity contribution is 5.84. The van der Waals surface area contributed by atoms with Crippen molar-refractivity contribution in [3.8, 4) is 0 Å². The molecule has 0 spiro atoms. The van der Waals surface area contributed by atoms with Crippen LogP contribution in [-0.2, 0) is 14.3 Å². The Morgan fingerprint density at radius 1 is 1.58 bits per heavy atom. The highest BCUT2D eigenvalue weighted by atomic mass is 19.1. The summed E-state index contributed by atoms with van der Waals surface area (Å²) in [5.41, 5.74) is 4.17. The highest BCUT2D eigenvalue weighted by Gasteiger charge is 2.55. The molecule has 0 aromatic carbocycles. The maximum atomic E-state index is 15.2. The van der Waals surface area contributed by atoms with Gasteiger partial charge in [-0.05, 0) is 6.92 Å². The van der Waals surface area contributed by atoms with Gasteiger partial charge in [0.15, 0.2) is 28.9 Å². The third-order valence-electron chi connectivity index (χ3n) is 4.34. The number of aromatic nitrogens is 4. The van der Waals surface area contributed by atoms with E-state index in [1.807, 2.05) is 0 Å². The normalized spacial score (nSPS) is 28.4. The summed E-state index contributed by atoms with van der Waals surface area (Å²) in [7, 11) is 1.65. The summed E-state index contributed by atoms with van der Waals surface area (Å²) in [6, 6.07) is 0. The second-order valence-electron chi connectivity index (χ2n) is 6.16. The molecule has 0 bridgehead atoms. The molecule has 2 aromatic heterocycles. The summed E-state index contributed by atoms with van der Waals surface area (Å²) in [6.07, 6.45) is -2.24. The lowest BCUT2D eigenvalue weighted by Gasteiger charge is -2.24. The lowest BCUT2D eigenvalue weighted by Crippen LogP contribution is -2.41. The number of hydrogen-bond acceptors (Lipinski definition) is 9. The standard InChI is InChI=1S/C15H21FN6O4/c1-4-8(23)25-5-7-10(24)15(2,16)13(26-7)22-6-19-9-11(18-3)20-14(17)21-12(9)22/h6-7,10,13,24H,4-5H2,1-3H3,(H3,17,18,20,21)/t7-,10-,13-,15-/m1/s1. The van der Waals surface area contributed by atoms with E-state index in [0.717, 1.165) is 0 Å². The van der Waals surface area contributed by atoms with Crippen molar-refractivity contribution in [1.82, 2.24) is 19.5 Å². The van der Waals surface area contributed by atoms with Crippen LogP contribution >= 0.6 is 0 Å². The van der Waals surface area contributed by atoms with Crippen molar-refractivity contribution in [3.63, 3.8) is 0 Å². The van der Waals surface area contributed by atoms with Crippen molar-refractivity contribution < 1.29 is 23.8 Å². The van der Waals surface area contributed by atoms with Crippen molar-refractivity contribution in [1.29, 1.82) is 0 Å². The molecule has 0 aliphatic carbocycles. The predicted molar refractivity (Wildman–Crippen MR) is 90.0 cm³/mol. The van der Waals surface area contributed by atoms with E-state index in [2.05, 4.69) is 20.3 Å². The number of ether oxygens (including phenoxy) is 2. The van der Waals surface area contributed by atoms with Gasteiger partial charge in [-0.25, -0.2) is 9.37 Å². The number of nitrogen functional groups attached to an aromatic ring is 1. The Morgan fingerprint density at radius 2 is 2.31 bits per heavy atom. The van der Waals surface area contributed by atoms with Crippen LogP contribution in [0.2, 0.25) is 0 Å². The number of nitrogens with zero attached hydrogens (tertiary/aromatic N) is 4. The summed E-state index contributed by atoms with van der Waals surface area (Å²) in [5.74, 6) is -0.0908. The first-order chi connectivity index (χ1) is 12.3. The van der Waals surface area contributed by atoms with Gasteiger partial charge in [-0.15, -0.1) is 0 Å². The largest absolute Gasteiger partial charge is 0.463 e. The molecule has 3 heterocycles. The van der Waals surface area contributed by atoms with E-state index in [1.54, 1.807) is 14.0 Å². The molecular weight excluding hydrogens is 347 g/mol. The first-order valence-corrected chi connectivity index (χ1v) is 8.15. The third-order valence-corrected chi connectivity index (χ3v) is 4.34. The van der Waals surface area contributed by atoms with E-state index in [1.165, 1.54) is 17.8 Å². The third kappa shape index (κ3) is 2.92. The zero-order chi connectivity index (χ0) is 19.1. The average molecular weight is 368 g/mol. The molecule has 0 radical (unpaired) electrons. The zero-order valence-corrected chi connectivity index (χ0v) is 14.6. The van der Waals surface area contributed by atoms with Gasteiger partial charge in [-0.1, -0.05) is 6.92 Å². The van der Waals surface area contributed by atoms with E-state index in [4.69, 9.17) is 15.2 Å². The lowest BCUT2D eigenvalue weighted by molar-refractivity contribution is -0.149. The summed E-state index contributed by atoms with van der Waals surface area (Å²) in [6.45, 7) is 2.59. The lowest BCUT2D eigenvalue weighted by atomic mass is 9.98. The molecule has 11 heteroatoms. The second kappa shape index (κ2) is 6.65. The van der Waals surface area contributed by atoms with E-state index >= 15 is 4.39 Å². The number of halogens is 1. The number of aliphatic hydroxyl groups excluding tert-OH is 1. The fourth-order valence-corrected chi connectivity index (χ4v) is 2.91. The second-order valence-corrected chi connectivity index (χ2v) is 6.16. The van der Waals surface area contributed by atoms with Crippen LogP contribution in [-0.4, -0.2) is 62.1 Å². The number of alkyl halides is 1. The Kier molecular flexibility index (Phi) is 4.67. The number of hydrogen-bond donors (Lipinski definition) is 3. The minimum atomic E-state index is -2.17. The van der Waals surface area contributed by atoms with Crippen LogP contribution in [0, 0.1) is 0 Å². The molecule has 1 saturated heterocycles. The van der Waals surface area contributed by atoms with Gasteiger partial charge in [-0.3, -0.25) is 9.36 Å². The Balaban J connectivity index is 1.95. The van der Waals surface area contributed by atoms with Crippen LogP contribution in [0.25, 0.3) is 11.2 Å². The molecular formula is C15H21FN6O4. The minimum Gasteiger partial charge on any atom is -0.463 e. The highest BCUT2D eigenvalue weighted by Crippen LogP contribution is 2.42. The molecule has 142 valence electrons. The molecule has 2 aromatic rings. The Hall–Kier alpha value is -2.53. The molecule has 0 saturated carbocycles. The Labute approximate surface area is 148 Å². The van der Waals surface area contributed by atoms with E-state index in [-0.39, 0.29) is 24.6 Å². The zero-order valence-electron chi connectivity index (χ0n) is 14.6. The van der Waals surface area contributed by atoms with Gasteiger partial charge in [0.2, 0.25) is 5.95 Å².